The number of alkyl halides is 3. The molecule has 0 bridgehead atoms. The number of morpholine rings is 1. The van der Waals surface area contributed by atoms with Gasteiger partial charge in [-0.25, -0.2) is 8.42 Å². The Morgan fingerprint density at radius 2 is 2.00 bits per heavy atom. The van der Waals surface area contributed by atoms with Crippen LogP contribution in [0.25, 0.3) is 0 Å². The number of halogens is 3. The van der Waals surface area contributed by atoms with Crippen LogP contribution >= 0.6 is 11.3 Å². The zero-order valence-corrected chi connectivity index (χ0v) is 12.9. The highest BCUT2D eigenvalue weighted by Crippen LogP contribution is 2.26. The Bertz CT molecular complexity index is 636. The Kier molecular flexibility index (Phi) is 5.10. The summed E-state index contributed by atoms with van der Waals surface area (Å²) >= 11 is 0.783. The van der Waals surface area contributed by atoms with Gasteiger partial charge in [-0.05, 0) is 11.4 Å². The molecule has 6 nitrogen and oxygen atoms in total. The highest BCUT2D eigenvalue weighted by atomic mass is 32.2. The highest BCUT2D eigenvalue weighted by Gasteiger charge is 2.33. The van der Waals surface area contributed by atoms with Gasteiger partial charge in [0, 0.05) is 13.1 Å². The number of hydrogen-bond acceptors (Lipinski definition) is 5. The third-order valence-electron chi connectivity index (χ3n) is 2.87. The van der Waals surface area contributed by atoms with Gasteiger partial charge in [0.2, 0.25) is 10.0 Å². The van der Waals surface area contributed by atoms with Gasteiger partial charge in [0.05, 0.1) is 13.2 Å². The molecule has 2 heterocycles. The van der Waals surface area contributed by atoms with Crippen LogP contribution in [0.4, 0.5) is 13.2 Å². The number of rotatable bonds is 4. The lowest BCUT2D eigenvalue weighted by Crippen LogP contribution is -2.41. The van der Waals surface area contributed by atoms with E-state index in [9.17, 15) is 26.4 Å². The molecule has 1 amide bonds. The van der Waals surface area contributed by atoms with Crippen molar-refractivity contribution in [2.24, 2.45) is 0 Å². The molecule has 1 aromatic heterocycles. The van der Waals surface area contributed by atoms with Gasteiger partial charge in [-0.15, -0.1) is 11.3 Å². The van der Waals surface area contributed by atoms with Crippen molar-refractivity contribution in [1.82, 2.24) is 9.62 Å². The van der Waals surface area contributed by atoms with Crippen molar-refractivity contribution in [1.29, 1.82) is 0 Å². The molecule has 124 valence electrons. The van der Waals surface area contributed by atoms with Crippen LogP contribution in [0, 0.1) is 0 Å². The Labute approximate surface area is 128 Å². The van der Waals surface area contributed by atoms with E-state index in [1.54, 1.807) is 5.32 Å². The largest absolute Gasteiger partial charge is 0.405 e. The van der Waals surface area contributed by atoms with E-state index in [2.05, 4.69) is 0 Å². The maximum Gasteiger partial charge on any atom is 0.405 e. The smallest absolute Gasteiger partial charge is 0.379 e. The fourth-order valence-corrected chi connectivity index (χ4v) is 4.58. The number of nitrogens with zero attached hydrogens (tertiary/aromatic N) is 1. The van der Waals surface area contributed by atoms with Gasteiger partial charge in [-0.1, -0.05) is 0 Å². The van der Waals surface area contributed by atoms with E-state index < -0.39 is 28.7 Å². The van der Waals surface area contributed by atoms with Crippen molar-refractivity contribution >= 4 is 27.3 Å². The predicted octanol–water partition coefficient (Wildman–Crippen LogP) is 1.06. The summed E-state index contributed by atoms with van der Waals surface area (Å²) in [5, 5.41) is 3.04. The van der Waals surface area contributed by atoms with E-state index in [1.807, 2.05) is 0 Å². The van der Waals surface area contributed by atoms with E-state index in [-0.39, 0.29) is 36.1 Å². The molecule has 1 aliphatic rings. The summed E-state index contributed by atoms with van der Waals surface area (Å²) in [4.78, 5) is 11.3. The van der Waals surface area contributed by atoms with Crippen molar-refractivity contribution in [3.8, 4) is 0 Å². The molecule has 0 aromatic carbocycles. The Hall–Kier alpha value is -1.17. The van der Waals surface area contributed by atoms with Crippen LogP contribution in [-0.4, -0.2) is 57.7 Å². The minimum absolute atomic E-state index is 0.141. The number of amides is 1. The van der Waals surface area contributed by atoms with E-state index in [0.29, 0.717) is 0 Å². The van der Waals surface area contributed by atoms with Gasteiger partial charge in [0.15, 0.2) is 0 Å². The second-order valence-corrected chi connectivity index (χ2v) is 7.25. The minimum atomic E-state index is -4.56. The molecule has 1 saturated heterocycles. The van der Waals surface area contributed by atoms with Crippen molar-refractivity contribution in [2.45, 2.75) is 11.1 Å². The van der Waals surface area contributed by atoms with Crippen molar-refractivity contribution in [2.75, 3.05) is 32.8 Å². The Morgan fingerprint density at radius 1 is 1.36 bits per heavy atom. The molecule has 11 heteroatoms. The third-order valence-corrected chi connectivity index (χ3v) is 5.86. The Morgan fingerprint density at radius 3 is 2.59 bits per heavy atom. The molecule has 0 unspecified atom stereocenters. The molecule has 0 atom stereocenters. The average molecular weight is 358 g/mol. The first-order valence-electron chi connectivity index (χ1n) is 6.22. The van der Waals surface area contributed by atoms with Crippen LogP contribution in [0.1, 0.15) is 9.67 Å². The zero-order chi connectivity index (χ0) is 16.4. The van der Waals surface area contributed by atoms with E-state index >= 15 is 0 Å². The molecular weight excluding hydrogens is 345 g/mol. The summed E-state index contributed by atoms with van der Waals surface area (Å²) in [5.74, 6) is -1.06. The van der Waals surface area contributed by atoms with Gasteiger partial charge < -0.3 is 10.1 Å². The van der Waals surface area contributed by atoms with E-state index in [0.717, 1.165) is 15.6 Å². The molecule has 22 heavy (non-hydrogen) atoms. The second kappa shape index (κ2) is 6.52. The van der Waals surface area contributed by atoms with Crippen LogP contribution < -0.4 is 5.32 Å². The van der Waals surface area contributed by atoms with Crippen molar-refractivity contribution in [3.63, 3.8) is 0 Å². The zero-order valence-electron chi connectivity index (χ0n) is 11.2. The maximum atomic E-state index is 12.4. The molecule has 1 fully saturated rings. The molecule has 0 spiro atoms. The number of carbonyl (C=O) groups excluding carboxylic acids is 1. The first kappa shape index (κ1) is 17.2. The highest BCUT2D eigenvalue weighted by molar-refractivity contribution is 7.89. The summed E-state index contributed by atoms with van der Waals surface area (Å²) in [7, 11) is -3.93. The summed E-state index contributed by atoms with van der Waals surface area (Å²) < 4.78 is 67.5. The van der Waals surface area contributed by atoms with E-state index in [4.69, 9.17) is 4.74 Å². The first-order valence-corrected chi connectivity index (χ1v) is 8.54. The number of thiophene rings is 1. The average Bonchev–Trinajstić information content (AvgIpc) is 2.95. The number of nitrogens with one attached hydrogen (secondary N) is 1. The molecular formula is C11H13F3N2O4S2. The van der Waals surface area contributed by atoms with Crippen LogP contribution in [0.15, 0.2) is 16.3 Å². The van der Waals surface area contributed by atoms with Crippen LogP contribution in [0.2, 0.25) is 0 Å². The van der Waals surface area contributed by atoms with E-state index in [1.165, 1.54) is 11.4 Å². The molecule has 1 aliphatic heterocycles. The van der Waals surface area contributed by atoms with Gasteiger partial charge in [0.1, 0.15) is 16.3 Å². The predicted molar refractivity (Wildman–Crippen MR) is 72.3 cm³/mol. The lowest BCUT2D eigenvalue weighted by atomic mass is 10.4. The normalized spacial score (nSPS) is 17.4. The number of ether oxygens (including phenoxy) is 1. The maximum absolute atomic E-state index is 12.4. The first-order chi connectivity index (χ1) is 10.2. The van der Waals surface area contributed by atoms with Gasteiger partial charge >= 0.3 is 6.18 Å². The van der Waals surface area contributed by atoms with Crippen molar-refractivity contribution < 1.29 is 31.1 Å². The summed E-state index contributed by atoms with van der Waals surface area (Å²) in [6.45, 7) is -0.762. The molecule has 1 aromatic rings. The van der Waals surface area contributed by atoms with Crippen LogP contribution in [-0.2, 0) is 14.8 Å². The molecule has 1 N–H and O–H groups in total. The molecule has 0 saturated carbocycles. The summed E-state index contributed by atoms with van der Waals surface area (Å²) in [6.07, 6.45) is -4.56. The van der Waals surface area contributed by atoms with Gasteiger partial charge in [-0.2, -0.15) is 17.5 Å². The third kappa shape index (κ3) is 3.97. The molecule has 0 aliphatic carbocycles. The summed E-state index contributed by atoms with van der Waals surface area (Å²) in [5.41, 5.74) is 0. The fourth-order valence-electron chi connectivity index (χ4n) is 1.85. The number of sulfonamides is 1. The topological polar surface area (TPSA) is 75.7 Å². The monoisotopic (exact) mass is 358 g/mol. The summed E-state index contributed by atoms with van der Waals surface area (Å²) in [6, 6.07) is 1.22. The number of hydrogen-bond donors (Lipinski definition) is 1. The van der Waals surface area contributed by atoms with Crippen LogP contribution in [0.3, 0.4) is 0 Å². The quantitative estimate of drug-likeness (QED) is 0.873. The SMILES string of the molecule is O=C(NCC(F)(F)F)c1sccc1S(=O)(=O)N1CCOCC1. The number of carbonyl (C=O) groups is 1. The Balaban J connectivity index is 2.19. The standard InChI is InChI=1S/C11H13F3N2O4S2/c12-11(13,14)7-15-10(17)9-8(1-6-21-9)22(18,19)16-2-4-20-5-3-16/h1,6H,2-5,7H2,(H,15,17). The lowest BCUT2D eigenvalue weighted by molar-refractivity contribution is -0.123. The van der Waals surface area contributed by atoms with Crippen molar-refractivity contribution in [3.05, 3.63) is 16.3 Å². The van der Waals surface area contributed by atoms with Crippen LogP contribution in [0.5, 0.6) is 0 Å². The molecule has 0 radical (unpaired) electrons. The van der Waals surface area contributed by atoms with Gasteiger partial charge in [-0.3, -0.25) is 4.79 Å². The molecule has 2 rings (SSSR count). The second-order valence-electron chi connectivity index (χ2n) is 4.43. The minimum Gasteiger partial charge on any atom is -0.379 e. The lowest BCUT2D eigenvalue weighted by Gasteiger charge is -2.26. The fraction of sp³-hybridized carbons (Fsp3) is 0.545. The van der Waals surface area contributed by atoms with Gasteiger partial charge in [0.25, 0.3) is 5.91 Å².